The van der Waals surface area contributed by atoms with Gasteiger partial charge in [0.2, 0.25) is 5.91 Å². The van der Waals surface area contributed by atoms with E-state index in [1.165, 1.54) is 17.7 Å². The number of carbonyl (C=O) groups excluding carboxylic acids is 1. The Hall–Kier alpha value is -2.49. The van der Waals surface area contributed by atoms with E-state index in [9.17, 15) is 15.0 Å². The first-order valence-corrected chi connectivity index (χ1v) is 6.48. The standard InChI is InChI=1S/C16H17NO3/c1-2-11-3-6-13(7-4-11)17-16(20)10-12-5-8-14(18)15(19)9-12/h3-9,18-19H,2,10H2,1H3,(H,17,20). The molecular formula is C16H17NO3. The van der Waals surface area contributed by atoms with Gasteiger partial charge in [-0.05, 0) is 41.8 Å². The van der Waals surface area contributed by atoms with Crippen LogP contribution >= 0.6 is 0 Å². The SMILES string of the molecule is CCc1ccc(NC(=O)Cc2ccc(O)c(O)c2)cc1. The molecule has 4 heteroatoms. The molecule has 0 fully saturated rings. The number of hydrogen-bond acceptors (Lipinski definition) is 3. The Labute approximate surface area is 117 Å². The predicted molar refractivity (Wildman–Crippen MR) is 77.9 cm³/mol. The normalized spacial score (nSPS) is 10.2. The first-order chi connectivity index (χ1) is 9.58. The average Bonchev–Trinajstić information content (AvgIpc) is 2.44. The number of nitrogens with one attached hydrogen (secondary N) is 1. The Morgan fingerprint density at radius 3 is 2.25 bits per heavy atom. The number of rotatable bonds is 4. The van der Waals surface area contributed by atoms with Crippen LogP contribution in [0, 0.1) is 0 Å². The van der Waals surface area contributed by atoms with Crippen molar-refractivity contribution >= 4 is 11.6 Å². The van der Waals surface area contributed by atoms with E-state index in [0.717, 1.165) is 12.1 Å². The van der Waals surface area contributed by atoms with Gasteiger partial charge in [-0.25, -0.2) is 0 Å². The number of carbonyl (C=O) groups is 1. The zero-order chi connectivity index (χ0) is 14.5. The van der Waals surface area contributed by atoms with Crippen molar-refractivity contribution in [2.24, 2.45) is 0 Å². The highest BCUT2D eigenvalue weighted by Gasteiger charge is 2.06. The molecule has 0 radical (unpaired) electrons. The van der Waals surface area contributed by atoms with Crippen LogP contribution in [0.4, 0.5) is 5.69 Å². The third-order valence-electron chi connectivity index (χ3n) is 3.05. The molecule has 0 spiro atoms. The van der Waals surface area contributed by atoms with E-state index >= 15 is 0 Å². The Kier molecular flexibility index (Phi) is 4.25. The fourth-order valence-electron chi connectivity index (χ4n) is 1.89. The summed E-state index contributed by atoms with van der Waals surface area (Å²) in [5.41, 5.74) is 2.60. The van der Waals surface area contributed by atoms with Gasteiger partial charge < -0.3 is 15.5 Å². The summed E-state index contributed by atoms with van der Waals surface area (Å²) < 4.78 is 0. The van der Waals surface area contributed by atoms with Crippen molar-refractivity contribution in [1.29, 1.82) is 0 Å². The average molecular weight is 271 g/mol. The minimum absolute atomic E-state index is 0.142. The highest BCUT2D eigenvalue weighted by molar-refractivity contribution is 5.92. The van der Waals surface area contributed by atoms with Crippen molar-refractivity contribution in [2.45, 2.75) is 19.8 Å². The second-order valence-electron chi connectivity index (χ2n) is 4.60. The number of anilines is 1. The van der Waals surface area contributed by atoms with Crippen LogP contribution in [0.1, 0.15) is 18.1 Å². The lowest BCUT2D eigenvalue weighted by molar-refractivity contribution is -0.115. The molecule has 2 aromatic rings. The lowest BCUT2D eigenvalue weighted by Gasteiger charge is -2.07. The van der Waals surface area contributed by atoms with Crippen molar-refractivity contribution in [3.63, 3.8) is 0 Å². The number of amides is 1. The van der Waals surface area contributed by atoms with Gasteiger partial charge in [0.1, 0.15) is 0 Å². The van der Waals surface area contributed by atoms with E-state index < -0.39 is 0 Å². The number of aryl methyl sites for hydroxylation is 1. The Balaban J connectivity index is 1.99. The second kappa shape index (κ2) is 6.10. The molecule has 0 aliphatic carbocycles. The molecule has 0 bridgehead atoms. The van der Waals surface area contributed by atoms with Crippen molar-refractivity contribution in [2.75, 3.05) is 5.32 Å². The van der Waals surface area contributed by atoms with Crippen molar-refractivity contribution in [1.82, 2.24) is 0 Å². The monoisotopic (exact) mass is 271 g/mol. The van der Waals surface area contributed by atoms with Crippen LogP contribution in [0.3, 0.4) is 0 Å². The van der Waals surface area contributed by atoms with Crippen LogP contribution in [0.15, 0.2) is 42.5 Å². The third kappa shape index (κ3) is 3.51. The van der Waals surface area contributed by atoms with Crippen molar-refractivity contribution in [3.05, 3.63) is 53.6 Å². The molecular weight excluding hydrogens is 254 g/mol. The number of hydrogen-bond donors (Lipinski definition) is 3. The Morgan fingerprint density at radius 2 is 1.65 bits per heavy atom. The zero-order valence-electron chi connectivity index (χ0n) is 11.3. The number of benzene rings is 2. The van der Waals surface area contributed by atoms with Gasteiger partial charge in [0.15, 0.2) is 11.5 Å². The summed E-state index contributed by atoms with van der Waals surface area (Å²) in [4.78, 5) is 11.9. The fourth-order valence-corrected chi connectivity index (χ4v) is 1.89. The molecule has 0 aliphatic heterocycles. The number of phenolic OH excluding ortho intramolecular Hbond substituents is 2. The van der Waals surface area contributed by atoms with Crippen LogP contribution in [-0.2, 0) is 17.6 Å². The minimum atomic E-state index is -0.220. The van der Waals surface area contributed by atoms with Gasteiger partial charge in [-0.15, -0.1) is 0 Å². The van der Waals surface area contributed by atoms with Crippen LogP contribution in [0.5, 0.6) is 11.5 Å². The zero-order valence-corrected chi connectivity index (χ0v) is 11.3. The lowest BCUT2D eigenvalue weighted by Crippen LogP contribution is -2.14. The van der Waals surface area contributed by atoms with E-state index in [1.54, 1.807) is 6.07 Å². The smallest absolute Gasteiger partial charge is 0.228 e. The van der Waals surface area contributed by atoms with Gasteiger partial charge in [-0.1, -0.05) is 25.1 Å². The maximum atomic E-state index is 11.9. The summed E-state index contributed by atoms with van der Waals surface area (Å²) in [6.07, 6.45) is 1.10. The molecule has 104 valence electrons. The molecule has 0 unspecified atom stereocenters. The molecule has 3 N–H and O–H groups in total. The molecule has 2 rings (SSSR count). The molecule has 0 aliphatic rings. The van der Waals surface area contributed by atoms with Gasteiger partial charge in [-0.2, -0.15) is 0 Å². The highest BCUT2D eigenvalue weighted by Crippen LogP contribution is 2.25. The molecule has 0 atom stereocenters. The summed E-state index contributed by atoms with van der Waals surface area (Å²) in [7, 11) is 0. The largest absolute Gasteiger partial charge is 0.504 e. The second-order valence-corrected chi connectivity index (χ2v) is 4.60. The summed E-state index contributed by atoms with van der Waals surface area (Å²) in [5, 5.41) is 21.4. The number of phenols is 2. The van der Waals surface area contributed by atoms with Gasteiger partial charge >= 0.3 is 0 Å². The van der Waals surface area contributed by atoms with Crippen LogP contribution in [0.25, 0.3) is 0 Å². The first kappa shape index (κ1) is 13.9. The van der Waals surface area contributed by atoms with Crippen molar-refractivity contribution in [3.8, 4) is 11.5 Å². The quantitative estimate of drug-likeness (QED) is 0.749. The van der Waals surface area contributed by atoms with E-state index in [2.05, 4.69) is 12.2 Å². The number of aromatic hydroxyl groups is 2. The first-order valence-electron chi connectivity index (χ1n) is 6.48. The van der Waals surface area contributed by atoms with E-state index in [1.807, 2.05) is 24.3 Å². The summed E-state index contributed by atoms with van der Waals surface area (Å²) in [5.74, 6) is -0.578. The van der Waals surface area contributed by atoms with E-state index in [0.29, 0.717) is 5.56 Å². The summed E-state index contributed by atoms with van der Waals surface area (Å²) in [6.45, 7) is 2.07. The highest BCUT2D eigenvalue weighted by atomic mass is 16.3. The summed E-state index contributed by atoms with van der Waals surface area (Å²) >= 11 is 0. The van der Waals surface area contributed by atoms with Crippen molar-refractivity contribution < 1.29 is 15.0 Å². The van der Waals surface area contributed by atoms with Crippen LogP contribution in [0.2, 0.25) is 0 Å². The van der Waals surface area contributed by atoms with E-state index in [-0.39, 0.29) is 23.8 Å². The van der Waals surface area contributed by atoms with Crippen LogP contribution in [-0.4, -0.2) is 16.1 Å². The maximum Gasteiger partial charge on any atom is 0.228 e. The lowest BCUT2D eigenvalue weighted by atomic mass is 10.1. The maximum absolute atomic E-state index is 11.9. The molecule has 0 aromatic heterocycles. The Bertz CT molecular complexity index is 606. The van der Waals surface area contributed by atoms with Gasteiger partial charge in [0, 0.05) is 5.69 Å². The summed E-state index contributed by atoms with van der Waals surface area (Å²) in [6, 6.07) is 12.0. The van der Waals surface area contributed by atoms with Gasteiger partial charge in [0.05, 0.1) is 6.42 Å². The molecule has 0 saturated heterocycles. The predicted octanol–water partition coefficient (Wildman–Crippen LogP) is 2.84. The van der Waals surface area contributed by atoms with Crippen LogP contribution < -0.4 is 5.32 Å². The fraction of sp³-hybridized carbons (Fsp3) is 0.188. The molecule has 1 amide bonds. The molecule has 0 heterocycles. The molecule has 0 saturated carbocycles. The molecule has 4 nitrogen and oxygen atoms in total. The van der Waals surface area contributed by atoms with E-state index in [4.69, 9.17) is 0 Å². The Morgan fingerprint density at radius 1 is 1.00 bits per heavy atom. The third-order valence-corrected chi connectivity index (χ3v) is 3.05. The topological polar surface area (TPSA) is 69.6 Å². The van der Waals surface area contributed by atoms with Gasteiger partial charge in [-0.3, -0.25) is 4.79 Å². The molecule has 20 heavy (non-hydrogen) atoms. The molecule has 2 aromatic carbocycles. The van der Waals surface area contributed by atoms with Gasteiger partial charge in [0.25, 0.3) is 0 Å². The minimum Gasteiger partial charge on any atom is -0.504 e.